The first-order chi connectivity index (χ1) is 6.34. The fraction of sp³-hybridized carbons (Fsp3) is 0.500. The number of hydrogen-bond donors (Lipinski definition) is 2. The molecule has 1 atom stereocenters. The first-order valence-corrected chi connectivity index (χ1v) is 4.74. The molecule has 1 saturated heterocycles. The van der Waals surface area contributed by atoms with Gasteiger partial charge < -0.3 is 10.6 Å². The van der Waals surface area contributed by atoms with Crippen LogP contribution < -0.4 is 10.6 Å². The van der Waals surface area contributed by atoms with Crippen LogP contribution >= 0.6 is 12.4 Å². The summed E-state index contributed by atoms with van der Waals surface area (Å²) < 4.78 is 0. The van der Waals surface area contributed by atoms with Crippen LogP contribution in [0, 0.1) is 6.92 Å². The molecule has 78 valence electrons. The molecule has 1 aliphatic rings. The monoisotopic (exact) mass is 213 g/mol. The Bertz CT molecular complexity index is 267. The molecule has 2 rings (SSSR count). The van der Waals surface area contributed by atoms with Gasteiger partial charge in [0.15, 0.2) is 0 Å². The quantitative estimate of drug-likeness (QED) is 0.784. The van der Waals surface area contributed by atoms with Crippen molar-refractivity contribution in [2.75, 3.05) is 18.4 Å². The summed E-state index contributed by atoms with van der Waals surface area (Å²) in [4.78, 5) is 4.30. The molecule has 0 radical (unpaired) electrons. The Hall–Kier alpha value is -0.800. The van der Waals surface area contributed by atoms with E-state index in [0.717, 1.165) is 18.9 Å². The first-order valence-electron chi connectivity index (χ1n) is 4.74. The SMILES string of the molecule is Cc1ccc(N[C@@H]2CCNC2)nc1.Cl. The summed E-state index contributed by atoms with van der Waals surface area (Å²) in [5, 5.41) is 6.71. The molecule has 1 fully saturated rings. The van der Waals surface area contributed by atoms with Crippen molar-refractivity contribution in [3.63, 3.8) is 0 Å². The van der Waals surface area contributed by atoms with Crippen molar-refractivity contribution in [3.8, 4) is 0 Å². The van der Waals surface area contributed by atoms with Gasteiger partial charge in [-0.2, -0.15) is 0 Å². The van der Waals surface area contributed by atoms with Crippen LogP contribution in [0.5, 0.6) is 0 Å². The van der Waals surface area contributed by atoms with E-state index in [4.69, 9.17) is 0 Å². The van der Waals surface area contributed by atoms with Crippen LogP contribution in [0.4, 0.5) is 5.82 Å². The van der Waals surface area contributed by atoms with E-state index < -0.39 is 0 Å². The van der Waals surface area contributed by atoms with E-state index >= 15 is 0 Å². The van der Waals surface area contributed by atoms with Crippen molar-refractivity contribution in [2.45, 2.75) is 19.4 Å². The van der Waals surface area contributed by atoms with Crippen LogP contribution in [-0.2, 0) is 0 Å². The average molecular weight is 214 g/mol. The maximum Gasteiger partial charge on any atom is 0.126 e. The third kappa shape index (κ3) is 2.86. The predicted octanol–water partition coefficient (Wildman–Crippen LogP) is 1.59. The Labute approximate surface area is 90.7 Å². The van der Waals surface area contributed by atoms with Crippen LogP contribution in [0.2, 0.25) is 0 Å². The minimum Gasteiger partial charge on any atom is -0.366 e. The number of rotatable bonds is 2. The first kappa shape index (κ1) is 11.3. The zero-order valence-electron chi connectivity index (χ0n) is 8.29. The van der Waals surface area contributed by atoms with E-state index in [2.05, 4.69) is 21.7 Å². The van der Waals surface area contributed by atoms with Crippen molar-refractivity contribution in [1.29, 1.82) is 0 Å². The van der Waals surface area contributed by atoms with Gasteiger partial charge in [-0.05, 0) is 31.5 Å². The number of hydrogen-bond acceptors (Lipinski definition) is 3. The van der Waals surface area contributed by atoms with Crippen molar-refractivity contribution in [3.05, 3.63) is 23.9 Å². The summed E-state index contributed by atoms with van der Waals surface area (Å²) in [6.45, 7) is 4.22. The lowest BCUT2D eigenvalue weighted by molar-refractivity contribution is 0.788. The predicted molar refractivity (Wildman–Crippen MR) is 61.1 cm³/mol. The smallest absolute Gasteiger partial charge is 0.126 e. The maximum atomic E-state index is 4.30. The average Bonchev–Trinajstić information content (AvgIpc) is 2.62. The Morgan fingerprint density at radius 2 is 2.36 bits per heavy atom. The van der Waals surface area contributed by atoms with Gasteiger partial charge in [-0.15, -0.1) is 12.4 Å². The Morgan fingerprint density at radius 1 is 1.50 bits per heavy atom. The van der Waals surface area contributed by atoms with E-state index in [1.54, 1.807) is 0 Å². The van der Waals surface area contributed by atoms with Gasteiger partial charge in [0.25, 0.3) is 0 Å². The van der Waals surface area contributed by atoms with E-state index in [1.165, 1.54) is 12.0 Å². The van der Waals surface area contributed by atoms with Gasteiger partial charge in [-0.3, -0.25) is 0 Å². The fourth-order valence-electron chi connectivity index (χ4n) is 1.54. The molecule has 4 heteroatoms. The van der Waals surface area contributed by atoms with Crippen molar-refractivity contribution < 1.29 is 0 Å². The lowest BCUT2D eigenvalue weighted by Crippen LogP contribution is -2.22. The van der Waals surface area contributed by atoms with E-state index in [-0.39, 0.29) is 12.4 Å². The summed E-state index contributed by atoms with van der Waals surface area (Å²) in [6.07, 6.45) is 3.08. The highest BCUT2D eigenvalue weighted by Crippen LogP contribution is 2.08. The third-order valence-corrected chi connectivity index (χ3v) is 2.32. The van der Waals surface area contributed by atoms with Crippen LogP contribution in [-0.4, -0.2) is 24.1 Å². The van der Waals surface area contributed by atoms with Crippen molar-refractivity contribution >= 4 is 18.2 Å². The number of nitrogens with one attached hydrogen (secondary N) is 2. The molecule has 2 N–H and O–H groups in total. The second kappa shape index (κ2) is 5.17. The summed E-state index contributed by atoms with van der Waals surface area (Å²) in [5.41, 5.74) is 1.20. The molecule has 0 aliphatic carbocycles. The number of halogens is 1. The molecule has 0 saturated carbocycles. The lowest BCUT2D eigenvalue weighted by Gasteiger charge is -2.11. The molecule has 1 aromatic heterocycles. The Balaban J connectivity index is 0.000000980. The lowest BCUT2D eigenvalue weighted by atomic mass is 10.2. The molecule has 0 amide bonds. The van der Waals surface area contributed by atoms with Gasteiger partial charge in [0, 0.05) is 18.8 Å². The molecule has 14 heavy (non-hydrogen) atoms. The molecule has 0 unspecified atom stereocenters. The zero-order chi connectivity index (χ0) is 9.10. The number of pyridine rings is 1. The molecule has 1 aromatic rings. The zero-order valence-corrected chi connectivity index (χ0v) is 9.10. The number of anilines is 1. The van der Waals surface area contributed by atoms with Crippen molar-refractivity contribution in [1.82, 2.24) is 10.3 Å². The third-order valence-electron chi connectivity index (χ3n) is 2.32. The second-order valence-corrected chi connectivity index (χ2v) is 3.55. The molecule has 0 bridgehead atoms. The second-order valence-electron chi connectivity index (χ2n) is 3.55. The Kier molecular flexibility index (Phi) is 4.17. The van der Waals surface area contributed by atoms with E-state index in [9.17, 15) is 0 Å². The van der Waals surface area contributed by atoms with Crippen LogP contribution in [0.15, 0.2) is 18.3 Å². The highest BCUT2D eigenvalue weighted by Gasteiger charge is 2.13. The highest BCUT2D eigenvalue weighted by molar-refractivity contribution is 5.85. The normalized spacial score (nSPS) is 20.2. The Morgan fingerprint density at radius 3 is 2.93 bits per heavy atom. The summed E-state index contributed by atoms with van der Waals surface area (Å²) >= 11 is 0. The summed E-state index contributed by atoms with van der Waals surface area (Å²) in [5.74, 6) is 0.985. The molecular weight excluding hydrogens is 198 g/mol. The largest absolute Gasteiger partial charge is 0.366 e. The van der Waals surface area contributed by atoms with Gasteiger partial charge in [0.05, 0.1) is 0 Å². The highest BCUT2D eigenvalue weighted by atomic mass is 35.5. The topological polar surface area (TPSA) is 37.0 Å². The van der Waals surface area contributed by atoms with E-state index in [0.29, 0.717) is 6.04 Å². The van der Waals surface area contributed by atoms with Gasteiger partial charge in [0.1, 0.15) is 5.82 Å². The van der Waals surface area contributed by atoms with E-state index in [1.807, 2.05) is 19.2 Å². The molecule has 0 aromatic carbocycles. The molecule has 2 heterocycles. The van der Waals surface area contributed by atoms with Gasteiger partial charge in [-0.1, -0.05) is 6.07 Å². The van der Waals surface area contributed by atoms with Crippen molar-refractivity contribution in [2.24, 2.45) is 0 Å². The van der Waals surface area contributed by atoms with Crippen LogP contribution in [0.1, 0.15) is 12.0 Å². The molecular formula is C10H16ClN3. The summed E-state index contributed by atoms with van der Waals surface area (Å²) in [7, 11) is 0. The van der Waals surface area contributed by atoms with Crippen LogP contribution in [0.25, 0.3) is 0 Å². The van der Waals surface area contributed by atoms with Crippen LogP contribution in [0.3, 0.4) is 0 Å². The number of aryl methyl sites for hydroxylation is 1. The maximum absolute atomic E-state index is 4.30. The molecule has 3 nitrogen and oxygen atoms in total. The summed E-state index contributed by atoms with van der Waals surface area (Å²) in [6, 6.07) is 4.67. The minimum absolute atomic E-state index is 0. The molecule has 0 spiro atoms. The van der Waals surface area contributed by atoms with Gasteiger partial charge >= 0.3 is 0 Å². The fourth-order valence-corrected chi connectivity index (χ4v) is 1.54. The molecule has 1 aliphatic heterocycles. The standard InChI is InChI=1S/C10H15N3.ClH/c1-8-2-3-10(12-6-8)13-9-4-5-11-7-9;/h2-3,6,9,11H,4-5,7H2,1H3,(H,12,13);1H/t9-;/m1./s1. The van der Waals surface area contributed by atoms with Gasteiger partial charge in [0.2, 0.25) is 0 Å². The number of aromatic nitrogens is 1. The van der Waals surface area contributed by atoms with Gasteiger partial charge in [-0.25, -0.2) is 4.98 Å². The minimum atomic E-state index is 0. The number of nitrogens with zero attached hydrogens (tertiary/aromatic N) is 1.